The second-order valence-corrected chi connectivity index (χ2v) is 8.34. The largest absolute Gasteiger partial charge is 0.507 e. The molecular weight excluding hydrogens is 448 g/mol. The van der Waals surface area contributed by atoms with Gasteiger partial charge in [0.25, 0.3) is 11.7 Å². The molecule has 35 heavy (non-hydrogen) atoms. The Morgan fingerprint density at radius 1 is 1.06 bits per heavy atom. The molecule has 8 heteroatoms. The molecule has 1 amide bonds. The van der Waals surface area contributed by atoms with Crippen LogP contribution in [0.3, 0.4) is 0 Å². The molecular formula is C27H30N2O6. The van der Waals surface area contributed by atoms with E-state index in [1.807, 2.05) is 12.1 Å². The maximum absolute atomic E-state index is 13.2. The lowest BCUT2D eigenvalue weighted by atomic mass is 9.95. The van der Waals surface area contributed by atoms with E-state index in [0.717, 1.165) is 13.1 Å². The normalized spacial score (nSPS) is 20.1. The minimum atomic E-state index is -0.716. The lowest BCUT2D eigenvalue weighted by Gasteiger charge is -2.31. The van der Waals surface area contributed by atoms with Crippen LogP contribution in [0.2, 0.25) is 0 Å². The third kappa shape index (κ3) is 5.39. The van der Waals surface area contributed by atoms with E-state index in [0.29, 0.717) is 55.5 Å². The number of hydrogen-bond donors (Lipinski definition) is 1. The Balaban J connectivity index is 1.70. The predicted molar refractivity (Wildman–Crippen MR) is 131 cm³/mol. The van der Waals surface area contributed by atoms with Gasteiger partial charge >= 0.3 is 0 Å². The summed E-state index contributed by atoms with van der Waals surface area (Å²) in [4.78, 5) is 30.1. The molecule has 1 atom stereocenters. The van der Waals surface area contributed by atoms with E-state index in [-0.39, 0.29) is 11.3 Å². The Labute approximate surface area is 205 Å². The van der Waals surface area contributed by atoms with Gasteiger partial charge < -0.3 is 24.2 Å². The van der Waals surface area contributed by atoms with E-state index in [9.17, 15) is 14.7 Å². The number of methoxy groups -OCH3 is 1. The number of ketones is 1. The van der Waals surface area contributed by atoms with Gasteiger partial charge in [-0.25, -0.2) is 0 Å². The Hall–Kier alpha value is -3.62. The van der Waals surface area contributed by atoms with Crippen molar-refractivity contribution in [2.45, 2.75) is 6.04 Å². The first kappa shape index (κ1) is 24.5. The molecule has 2 saturated heterocycles. The van der Waals surface area contributed by atoms with Gasteiger partial charge in [-0.3, -0.25) is 14.5 Å². The molecule has 2 aromatic rings. The number of ether oxygens (including phenoxy) is 3. The number of benzene rings is 2. The molecule has 184 valence electrons. The minimum absolute atomic E-state index is 0.0712. The fourth-order valence-electron chi connectivity index (χ4n) is 4.34. The van der Waals surface area contributed by atoms with Crippen LogP contribution in [-0.2, 0) is 14.3 Å². The van der Waals surface area contributed by atoms with E-state index in [1.54, 1.807) is 54.5 Å². The Bertz CT molecular complexity index is 1090. The number of morpholine rings is 1. The average Bonchev–Trinajstić information content (AvgIpc) is 3.16. The van der Waals surface area contributed by atoms with E-state index >= 15 is 0 Å². The molecule has 0 radical (unpaired) electrons. The highest BCUT2D eigenvalue weighted by Crippen LogP contribution is 2.40. The van der Waals surface area contributed by atoms with Gasteiger partial charge in [0, 0.05) is 31.7 Å². The number of carbonyl (C=O) groups is 2. The zero-order chi connectivity index (χ0) is 24.8. The zero-order valence-corrected chi connectivity index (χ0v) is 19.8. The third-order valence-electron chi connectivity index (χ3n) is 6.23. The monoisotopic (exact) mass is 478 g/mol. The maximum Gasteiger partial charge on any atom is 0.295 e. The second kappa shape index (κ2) is 11.2. The molecule has 0 bridgehead atoms. The minimum Gasteiger partial charge on any atom is -0.507 e. The van der Waals surface area contributed by atoms with Gasteiger partial charge in [-0.2, -0.15) is 0 Å². The molecule has 2 aliphatic heterocycles. The summed E-state index contributed by atoms with van der Waals surface area (Å²) in [5, 5.41) is 11.2. The maximum atomic E-state index is 13.2. The van der Waals surface area contributed by atoms with Crippen LogP contribution in [0.4, 0.5) is 0 Å². The lowest BCUT2D eigenvalue weighted by Crippen LogP contribution is -2.42. The summed E-state index contributed by atoms with van der Waals surface area (Å²) in [7, 11) is 1.55. The van der Waals surface area contributed by atoms with Gasteiger partial charge in [-0.05, 0) is 42.0 Å². The molecule has 0 spiro atoms. The van der Waals surface area contributed by atoms with Crippen molar-refractivity contribution >= 4 is 17.4 Å². The molecule has 0 aliphatic carbocycles. The summed E-state index contributed by atoms with van der Waals surface area (Å²) in [6, 6.07) is 13.2. The van der Waals surface area contributed by atoms with Crippen molar-refractivity contribution in [2.75, 3.05) is 53.1 Å². The van der Waals surface area contributed by atoms with Crippen molar-refractivity contribution in [1.82, 2.24) is 9.80 Å². The van der Waals surface area contributed by atoms with Crippen molar-refractivity contribution in [3.05, 3.63) is 77.9 Å². The van der Waals surface area contributed by atoms with Crippen LogP contribution in [0, 0.1) is 0 Å². The van der Waals surface area contributed by atoms with Crippen molar-refractivity contribution in [3.63, 3.8) is 0 Å². The van der Waals surface area contributed by atoms with Crippen LogP contribution in [0.1, 0.15) is 17.2 Å². The van der Waals surface area contributed by atoms with Crippen molar-refractivity contribution in [1.29, 1.82) is 0 Å². The van der Waals surface area contributed by atoms with Crippen LogP contribution in [0.5, 0.6) is 11.5 Å². The van der Waals surface area contributed by atoms with Crippen LogP contribution in [0.25, 0.3) is 5.76 Å². The van der Waals surface area contributed by atoms with Crippen LogP contribution < -0.4 is 9.47 Å². The highest BCUT2D eigenvalue weighted by Gasteiger charge is 2.46. The Morgan fingerprint density at radius 3 is 2.34 bits per heavy atom. The highest BCUT2D eigenvalue weighted by molar-refractivity contribution is 6.46. The molecule has 0 saturated carbocycles. The topological polar surface area (TPSA) is 88.5 Å². The van der Waals surface area contributed by atoms with Crippen molar-refractivity contribution in [3.8, 4) is 11.5 Å². The second-order valence-electron chi connectivity index (χ2n) is 8.34. The number of hydrogen-bond acceptors (Lipinski definition) is 7. The van der Waals surface area contributed by atoms with E-state index < -0.39 is 17.7 Å². The molecule has 2 fully saturated rings. The first-order valence-electron chi connectivity index (χ1n) is 11.6. The number of Topliss-reactive ketones (excluding diaryl/α,β-unsaturated/α-hetero) is 1. The van der Waals surface area contributed by atoms with Gasteiger partial charge in [-0.1, -0.05) is 24.8 Å². The number of likely N-dealkylation sites (tertiary alicyclic amines) is 1. The molecule has 2 aromatic carbocycles. The number of aliphatic hydroxyl groups is 1. The Kier molecular flexibility index (Phi) is 7.84. The van der Waals surface area contributed by atoms with Gasteiger partial charge in [0.2, 0.25) is 0 Å². The number of aliphatic hydroxyl groups excluding tert-OH is 1. The highest BCUT2D eigenvalue weighted by atomic mass is 16.5. The fourth-order valence-corrected chi connectivity index (χ4v) is 4.34. The summed E-state index contributed by atoms with van der Waals surface area (Å²) < 4.78 is 16.2. The SMILES string of the molecule is C=CCOc1ccc([C@@H]2C(=C(O)c3ccc(OC)cc3)C(=O)C(=O)N2CCN2CCOCC2)cc1. The van der Waals surface area contributed by atoms with Crippen molar-refractivity contribution in [2.24, 2.45) is 0 Å². The number of nitrogens with zero attached hydrogens (tertiary/aromatic N) is 2. The van der Waals surface area contributed by atoms with E-state index in [4.69, 9.17) is 14.2 Å². The third-order valence-corrected chi connectivity index (χ3v) is 6.23. The summed E-state index contributed by atoms with van der Waals surface area (Å²) in [5.74, 6) is -0.257. The molecule has 0 unspecified atom stereocenters. The first-order valence-corrected chi connectivity index (χ1v) is 11.6. The van der Waals surface area contributed by atoms with Crippen molar-refractivity contribution < 1.29 is 28.9 Å². The standard InChI is InChI=1S/C27H30N2O6/c1-3-16-35-22-10-4-19(5-11-22)24-23(25(30)20-6-8-21(33-2)9-7-20)26(31)27(32)29(24)13-12-28-14-17-34-18-15-28/h3-11,24,30H,1,12-18H2,2H3/t24-/m1/s1. The molecule has 1 N–H and O–H groups in total. The summed E-state index contributed by atoms with van der Waals surface area (Å²) in [5.41, 5.74) is 1.22. The van der Waals surface area contributed by atoms with Crippen LogP contribution in [-0.4, -0.2) is 79.7 Å². The van der Waals surface area contributed by atoms with Gasteiger partial charge in [0.1, 0.15) is 23.9 Å². The fraction of sp³-hybridized carbons (Fsp3) is 0.333. The molecule has 2 aliphatic rings. The molecule has 4 rings (SSSR count). The van der Waals surface area contributed by atoms with Crippen LogP contribution in [0.15, 0.2) is 66.8 Å². The Morgan fingerprint density at radius 2 is 1.71 bits per heavy atom. The molecule has 2 heterocycles. The first-order chi connectivity index (χ1) is 17.0. The van der Waals surface area contributed by atoms with Gasteiger partial charge in [0.05, 0.1) is 31.9 Å². The van der Waals surface area contributed by atoms with Gasteiger partial charge in [0.15, 0.2) is 0 Å². The molecule has 8 nitrogen and oxygen atoms in total. The number of rotatable bonds is 9. The van der Waals surface area contributed by atoms with Crippen LogP contribution >= 0.6 is 0 Å². The quantitative estimate of drug-likeness (QED) is 0.257. The zero-order valence-electron chi connectivity index (χ0n) is 19.8. The lowest BCUT2D eigenvalue weighted by molar-refractivity contribution is -0.140. The van der Waals surface area contributed by atoms with E-state index in [2.05, 4.69) is 11.5 Å². The summed E-state index contributed by atoms with van der Waals surface area (Å²) in [6.45, 7) is 7.81. The number of amides is 1. The predicted octanol–water partition coefficient (Wildman–Crippen LogP) is 3.01. The average molecular weight is 479 g/mol. The van der Waals surface area contributed by atoms with Gasteiger partial charge in [-0.15, -0.1) is 0 Å². The molecule has 0 aromatic heterocycles. The number of carbonyl (C=O) groups excluding carboxylic acids is 2. The summed E-state index contributed by atoms with van der Waals surface area (Å²) >= 11 is 0. The van der Waals surface area contributed by atoms with E-state index in [1.165, 1.54) is 0 Å². The smallest absolute Gasteiger partial charge is 0.295 e. The summed E-state index contributed by atoms with van der Waals surface area (Å²) in [6.07, 6.45) is 1.66.